The number of aromatic nitrogens is 2. The van der Waals surface area contributed by atoms with E-state index in [0.29, 0.717) is 11.8 Å². The van der Waals surface area contributed by atoms with E-state index >= 15 is 0 Å². The summed E-state index contributed by atoms with van der Waals surface area (Å²) in [5, 5.41) is 3.28. The topological polar surface area (TPSA) is 47.0 Å². The third-order valence-corrected chi connectivity index (χ3v) is 4.04. The molecule has 0 spiro atoms. The Kier molecular flexibility index (Phi) is 5.07. The van der Waals surface area contributed by atoms with Crippen LogP contribution in [0.5, 0.6) is 5.88 Å². The van der Waals surface area contributed by atoms with Crippen LogP contribution in [0.15, 0.2) is 6.07 Å². The van der Waals surface area contributed by atoms with Crippen molar-refractivity contribution in [2.45, 2.75) is 71.8 Å². The molecule has 1 saturated carbocycles. The van der Waals surface area contributed by atoms with Gasteiger partial charge in [0.2, 0.25) is 5.88 Å². The summed E-state index contributed by atoms with van der Waals surface area (Å²) in [5.41, 5.74) is -0.0816. The highest BCUT2D eigenvalue weighted by Gasteiger charge is 2.25. The summed E-state index contributed by atoms with van der Waals surface area (Å²) in [7, 11) is 0. The van der Waals surface area contributed by atoms with Gasteiger partial charge >= 0.3 is 0 Å². The van der Waals surface area contributed by atoms with Gasteiger partial charge in [-0.25, -0.2) is 4.98 Å². The minimum atomic E-state index is -0.0816. The van der Waals surface area contributed by atoms with Gasteiger partial charge in [0.15, 0.2) is 0 Å². The van der Waals surface area contributed by atoms with Gasteiger partial charge in [0.05, 0.1) is 0 Å². The van der Waals surface area contributed by atoms with Gasteiger partial charge < -0.3 is 10.1 Å². The van der Waals surface area contributed by atoms with E-state index < -0.39 is 0 Å². The molecule has 0 amide bonds. The standard InChI is InChI=1S/C17H29N3O/c1-6-18-14-11-15(20-16(19-14)17(3,4)5)21-13-10-8-7-9-12(13)2/h11-13H,6-10H2,1-5H3,(H,18,19,20). The molecule has 1 aliphatic rings. The largest absolute Gasteiger partial charge is 0.474 e. The zero-order chi connectivity index (χ0) is 15.5. The van der Waals surface area contributed by atoms with Gasteiger partial charge in [-0.15, -0.1) is 0 Å². The summed E-state index contributed by atoms with van der Waals surface area (Å²) in [4.78, 5) is 9.25. The number of anilines is 1. The van der Waals surface area contributed by atoms with Crippen molar-refractivity contribution in [3.05, 3.63) is 11.9 Å². The van der Waals surface area contributed by atoms with Crippen LogP contribution < -0.4 is 10.1 Å². The van der Waals surface area contributed by atoms with E-state index in [4.69, 9.17) is 4.74 Å². The van der Waals surface area contributed by atoms with Crippen molar-refractivity contribution in [2.75, 3.05) is 11.9 Å². The zero-order valence-electron chi connectivity index (χ0n) is 14.1. The number of hydrogen-bond donors (Lipinski definition) is 1. The molecule has 0 aromatic carbocycles. The average Bonchev–Trinajstić information content (AvgIpc) is 2.41. The van der Waals surface area contributed by atoms with Crippen LogP contribution in [0.3, 0.4) is 0 Å². The van der Waals surface area contributed by atoms with Crippen molar-refractivity contribution < 1.29 is 4.74 Å². The van der Waals surface area contributed by atoms with Gasteiger partial charge in [-0.1, -0.05) is 34.1 Å². The third kappa shape index (κ3) is 4.32. The maximum Gasteiger partial charge on any atom is 0.219 e. The minimum Gasteiger partial charge on any atom is -0.474 e. The maximum atomic E-state index is 6.20. The van der Waals surface area contributed by atoms with E-state index in [0.717, 1.165) is 24.6 Å². The second-order valence-electron chi connectivity index (χ2n) is 7.11. The van der Waals surface area contributed by atoms with Gasteiger partial charge in [0, 0.05) is 18.0 Å². The minimum absolute atomic E-state index is 0.0816. The number of nitrogens with one attached hydrogen (secondary N) is 1. The molecule has 4 heteroatoms. The number of nitrogens with zero attached hydrogens (tertiary/aromatic N) is 2. The van der Waals surface area contributed by atoms with E-state index in [1.54, 1.807) is 0 Å². The molecule has 1 aliphatic carbocycles. The third-order valence-electron chi connectivity index (χ3n) is 4.04. The number of hydrogen-bond acceptors (Lipinski definition) is 4. The predicted molar refractivity (Wildman–Crippen MR) is 86.9 cm³/mol. The van der Waals surface area contributed by atoms with Crippen LogP contribution >= 0.6 is 0 Å². The van der Waals surface area contributed by atoms with Gasteiger partial charge in [0.1, 0.15) is 17.7 Å². The molecule has 0 bridgehead atoms. The Labute approximate surface area is 128 Å². The Morgan fingerprint density at radius 1 is 1.24 bits per heavy atom. The summed E-state index contributed by atoms with van der Waals surface area (Å²) in [5.74, 6) is 3.01. The smallest absolute Gasteiger partial charge is 0.219 e. The van der Waals surface area contributed by atoms with Crippen LogP contribution in [-0.2, 0) is 5.41 Å². The summed E-state index contributed by atoms with van der Waals surface area (Å²) in [6, 6.07) is 1.93. The quantitative estimate of drug-likeness (QED) is 0.904. The molecule has 0 aliphatic heterocycles. The van der Waals surface area contributed by atoms with Gasteiger partial charge in [-0.2, -0.15) is 4.98 Å². The molecule has 0 saturated heterocycles. The van der Waals surface area contributed by atoms with Crippen LogP contribution in [0.1, 0.15) is 66.1 Å². The fourth-order valence-electron chi connectivity index (χ4n) is 2.70. The molecule has 1 heterocycles. The molecule has 0 radical (unpaired) electrons. The Balaban J connectivity index is 2.22. The van der Waals surface area contributed by atoms with Crippen LogP contribution in [0.2, 0.25) is 0 Å². The zero-order valence-corrected chi connectivity index (χ0v) is 14.1. The molecule has 2 unspecified atom stereocenters. The molecular weight excluding hydrogens is 262 g/mol. The molecule has 21 heavy (non-hydrogen) atoms. The van der Waals surface area contributed by atoms with Gasteiger partial charge in [-0.05, 0) is 32.1 Å². The molecule has 1 fully saturated rings. The lowest BCUT2D eigenvalue weighted by Crippen LogP contribution is -2.29. The van der Waals surface area contributed by atoms with Crippen molar-refractivity contribution >= 4 is 5.82 Å². The lowest BCUT2D eigenvalue weighted by Gasteiger charge is -2.29. The highest BCUT2D eigenvalue weighted by atomic mass is 16.5. The maximum absolute atomic E-state index is 6.20. The number of ether oxygens (including phenoxy) is 1. The molecule has 2 rings (SSSR count). The van der Waals surface area contributed by atoms with E-state index in [1.807, 2.05) is 6.07 Å². The van der Waals surface area contributed by atoms with Crippen molar-refractivity contribution in [2.24, 2.45) is 5.92 Å². The van der Waals surface area contributed by atoms with E-state index in [2.05, 4.69) is 49.9 Å². The van der Waals surface area contributed by atoms with Crippen LogP contribution in [-0.4, -0.2) is 22.6 Å². The molecule has 4 nitrogen and oxygen atoms in total. The van der Waals surface area contributed by atoms with E-state index in [1.165, 1.54) is 19.3 Å². The Hall–Kier alpha value is -1.32. The Bertz CT molecular complexity index is 468. The van der Waals surface area contributed by atoms with Crippen LogP contribution in [0.25, 0.3) is 0 Å². The normalized spacial score (nSPS) is 22.9. The number of rotatable bonds is 4. The lowest BCUT2D eigenvalue weighted by atomic mass is 9.88. The highest BCUT2D eigenvalue weighted by Crippen LogP contribution is 2.29. The van der Waals surface area contributed by atoms with Crippen molar-refractivity contribution in [3.8, 4) is 5.88 Å². The second kappa shape index (κ2) is 6.63. The van der Waals surface area contributed by atoms with Crippen LogP contribution in [0, 0.1) is 5.92 Å². The Morgan fingerprint density at radius 2 is 1.95 bits per heavy atom. The van der Waals surface area contributed by atoms with Crippen LogP contribution in [0.4, 0.5) is 5.82 Å². The summed E-state index contributed by atoms with van der Waals surface area (Å²) in [6.07, 6.45) is 5.25. The SMILES string of the molecule is CCNc1cc(OC2CCCCC2C)nc(C(C)(C)C)n1. The second-order valence-corrected chi connectivity index (χ2v) is 7.11. The average molecular weight is 291 g/mol. The van der Waals surface area contributed by atoms with E-state index in [-0.39, 0.29) is 11.5 Å². The molecule has 1 N–H and O–H groups in total. The van der Waals surface area contributed by atoms with Gasteiger partial charge in [-0.3, -0.25) is 0 Å². The molecule has 1 aromatic heterocycles. The fraction of sp³-hybridized carbons (Fsp3) is 0.765. The first-order valence-corrected chi connectivity index (χ1v) is 8.20. The van der Waals surface area contributed by atoms with Crippen molar-refractivity contribution in [3.63, 3.8) is 0 Å². The molecule has 2 atom stereocenters. The summed E-state index contributed by atoms with van der Waals surface area (Å²) >= 11 is 0. The fourth-order valence-corrected chi connectivity index (χ4v) is 2.70. The van der Waals surface area contributed by atoms with E-state index in [9.17, 15) is 0 Å². The van der Waals surface area contributed by atoms with Crippen molar-refractivity contribution in [1.29, 1.82) is 0 Å². The summed E-state index contributed by atoms with van der Waals surface area (Å²) in [6.45, 7) is 11.6. The monoisotopic (exact) mass is 291 g/mol. The molecule has 1 aromatic rings. The summed E-state index contributed by atoms with van der Waals surface area (Å²) < 4.78 is 6.20. The highest BCUT2D eigenvalue weighted by molar-refractivity contribution is 5.39. The lowest BCUT2D eigenvalue weighted by molar-refractivity contribution is 0.0969. The predicted octanol–water partition coefficient (Wildman–Crippen LogP) is 4.16. The first-order valence-electron chi connectivity index (χ1n) is 8.20. The Morgan fingerprint density at radius 3 is 2.57 bits per heavy atom. The van der Waals surface area contributed by atoms with Crippen molar-refractivity contribution in [1.82, 2.24) is 9.97 Å². The molecular formula is C17H29N3O. The molecule has 118 valence electrons. The first-order chi connectivity index (χ1) is 9.90. The van der Waals surface area contributed by atoms with Gasteiger partial charge in [0.25, 0.3) is 0 Å². The first kappa shape index (κ1) is 16.1.